The third-order valence-electron chi connectivity index (χ3n) is 2.50. The van der Waals surface area contributed by atoms with Gasteiger partial charge in [0.2, 0.25) is 0 Å². The number of rotatable bonds is 4. The molecule has 0 aromatic heterocycles. The van der Waals surface area contributed by atoms with Gasteiger partial charge in [0, 0.05) is 6.07 Å². The van der Waals surface area contributed by atoms with Crippen molar-refractivity contribution in [3.63, 3.8) is 0 Å². The molecule has 1 rings (SSSR count). The SMILES string of the molecule is COC(=O)C(C)(O)CNc1cc(F)c(C)cc1F. The Morgan fingerprint density at radius 1 is 1.44 bits per heavy atom. The lowest BCUT2D eigenvalue weighted by Crippen LogP contribution is -2.42. The summed E-state index contributed by atoms with van der Waals surface area (Å²) in [6.45, 7) is 2.36. The fraction of sp³-hybridized carbons (Fsp3) is 0.417. The largest absolute Gasteiger partial charge is 0.467 e. The molecule has 4 nitrogen and oxygen atoms in total. The van der Waals surface area contributed by atoms with Crippen molar-refractivity contribution in [3.05, 3.63) is 29.3 Å². The second kappa shape index (κ2) is 5.30. The van der Waals surface area contributed by atoms with Gasteiger partial charge in [-0.05, 0) is 25.5 Å². The topological polar surface area (TPSA) is 58.6 Å². The summed E-state index contributed by atoms with van der Waals surface area (Å²) in [4.78, 5) is 11.2. The van der Waals surface area contributed by atoms with E-state index in [1.54, 1.807) is 0 Å². The molecule has 0 bridgehead atoms. The van der Waals surface area contributed by atoms with Gasteiger partial charge in [0.05, 0.1) is 19.3 Å². The first-order valence-electron chi connectivity index (χ1n) is 5.28. The maximum atomic E-state index is 13.5. The maximum Gasteiger partial charge on any atom is 0.339 e. The maximum absolute atomic E-state index is 13.5. The van der Waals surface area contributed by atoms with Gasteiger partial charge in [-0.1, -0.05) is 0 Å². The first kappa shape index (κ1) is 14.4. The van der Waals surface area contributed by atoms with Gasteiger partial charge in [-0.25, -0.2) is 13.6 Å². The minimum Gasteiger partial charge on any atom is -0.467 e. The zero-order valence-corrected chi connectivity index (χ0v) is 10.4. The Labute approximate surface area is 104 Å². The van der Waals surface area contributed by atoms with Crippen molar-refractivity contribution in [1.82, 2.24) is 0 Å². The molecular weight excluding hydrogens is 244 g/mol. The first-order valence-corrected chi connectivity index (χ1v) is 5.28. The van der Waals surface area contributed by atoms with Crippen LogP contribution in [-0.4, -0.2) is 30.3 Å². The Hall–Kier alpha value is -1.69. The number of benzene rings is 1. The Bertz CT molecular complexity index is 461. The average Bonchev–Trinajstić information content (AvgIpc) is 2.31. The number of carbonyl (C=O) groups is 1. The van der Waals surface area contributed by atoms with Gasteiger partial charge in [-0.15, -0.1) is 0 Å². The fourth-order valence-corrected chi connectivity index (χ4v) is 1.34. The second-order valence-corrected chi connectivity index (χ2v) is 4.20. The summed E-state index contributed by atoms with van der Waals surface area (Å²) in [6.07, 6.45) is 0. The van der Waals surface area contributed by atoms with E-state index < -0.39 is 23.2 Å². The van der Waals surface area contributed by atoms with Crippen LogP contribution in [0.15, 0.2) is 12.1 Å². The van der Waals surface area contributed by atoms with Crippen LogP contribution in [0.5, 0.6) is 0 Å². The summed E-state index contributed by atoms with van der Waals surface area (Å²) < 4.78 is 31.1. The van der Waals surface area contributed by atoms with Crippen LogP contribution in [0.4, 0.5) is 14.5 Å². The molecule has 1 aromatic rings. The molecule has 0 spiro atoms. The quantitative estimate of drug-likeness (QED) is 0.806. The summed E-state index contributed by atoms with van der Waals surface area (Å²) in [7, 11) is 1.13. The van der Waals surface area contributed by atoms with E-state index in [0.717, 1.165) is 19.2 Å². The zero-order chi connectivity index (χ0) is 13.9. The lowest BCUT2D eigenvalue weighted by atomic mass is 10.1. The van der Waals surface area contributed by atoms with Crippen LogP contribution in [-0.2, 0) is 9.53 Å². The minimum absolute atomic E-state index is 0.123. The molecular formula is C12H15F2NO3. The molecule has 100 valence electrons. The molecule has 2 N–H and O–H groups in total. The number of anilines is 1. The van der Waals surface area contributed by atoms with Gasteiger partial charge in [-0.2, -0.15) is 0 Å². The predicted octanol–water partition coefficient (Wildman–Crippen LogP) is 1.61. The monoisotopic (exact) mass is 259 g/mol. The van der Waals surface area contributed by atoms with Crippen LogP contribution >= 0.6 is 0 Å². The molecule has 0 saturated carbocycles. The number of halogens is 2. The molecule has 0 aliphatic heterocycles. The van der Waals surface area contributed by atoms with Crippen molar-refractivity contribution in [2.24, 2.45) is 0 Å². The van der Waals surface area contributed by atoms with Gasteiger partial charge in [0.15, 0.2) is 5.60 Å². The van der Waals surface area contributed by atoms with Gasteiger partial charge in [-0.3, -0.25) is 0 Å². The summed E-state index contributed by atoms with van der Waals surface area (Å²) in [6, 6.07) is 2.00. The summed E-state index contributed by atoms with van der Waals surface area (Å²) in [5.74, 6) is -2.09. The van der Waals surface area contributed by atoms with E-state index in [4.69, 9.17) is 0 Å². The van der Waals surface area contributed by atoms with Crippen LogP contribution in [0.25, 0.3) is 0 Å². The second-order valence-electron chi connectivity index (χ2n) is 4.20. The molecule has 0 amide bonds. The Morgan fingerprint density at radius 3 is 2.61 bits per heavy atom. The molecule has 0 fully saturated rings. The first-order chi connectivity index (χ1) is 8.27. The average molecular weight is 259 g/mol. The van der Waals surface area contributed by atoms with E-state index >= 15 is 0 Å². The van der Waals surface area contributed by atoms with Crippen LogP contribution in [0, 0.1) is 18.6 Å². The lowest BCUT2D eigenvalue weighted by molar-refractivity contribution is -0.158. The molecule has 0 aliphatic rings. The minimum atomic E-state index is -1.82. The third-order valence-corrected chi connectivity index (χ3v) is 2.50. The zero-order valence-electron chi connectivity index (χ0n) is 10.4. The van der Waals surface area contributed by atoms with E-state index in [9.17, 15) is 18.7 Å². The number of carbonyl (C=O) groups excluding carboxylic acids is 1. The third kappa shape index (κ3) is 3.16. The lowest BCUT2D eigenvalue weighted by Gasteiger charge is -2.21. The van der Waals surface area contributed by atoms with E-state index in [1.165, 1.54) is 13.8 Å². The number of aryl methyl sites for hydroxylation is 1. The number of esters is 1. The number of nitrogens with one attached hydrogen (secondary N) is 1. The van der Waals surface area contributed by atoms with Gasteiger partial charge in [0.25, 0.3) is 0 Å². The fourth-order valence-electron chi connectivity index (χ4n) is 1.34. The highest BCUT2D eigenvalue weighted by Crippen LogP contribution is 2.19. The van der Waals surface area contributed by atoms with Gasteiger partial charge < -0.3 is 15.2 Å². The van der Waals surface area contributed by atoms with E-state index in [0.29, 0.717) is 0 Å². The standard InChI is InChI=1S/C12H15F2NO3/c1-7-4-9(14)10(5-8(7)13)15-6-12(2,17)11(16)18-3/h4-5,15,17H,6H2,1-3H3. The molecule has 0 aliphatic carbocycles. The smallest absolute Gasteiger partial charge is 0.339 e. The van der Waals surface area contributed by atoms with Crippen molar-refractivity contribution >= 4 is 11.7 Å². The Kier molecular flexibility index (Phi) is 4.24. The summed E-state index contributed by atoms with van der Waals surface area (Å²) in [5, 5.41) is 12.2. The Morgan fingerprint density at radius 2 is 2.06 bits per heavy atom. The predicted molar refractivity (Wildman–Crippen MR) is 62.2 cm³/mol. The van der Waals surface area contributed by atoms with Crippen LogP contribution in [0.2, 0.25) is 0 Å². The molecule has 1 aromatic carbocycles. The molecule has 1 unspecified atom stereocenters. The summed E-state index contributed by atoms with van der Waals surface area (Å²) >= 11 is 0. The van der Waals surface area contributed by atoms with Crippen molar-refractivity contribution in [1.29, 1.82) is 0 Å². The van der Waals surface area contributed by atoms with E-state index in [-0.39, 0.29) is 17.8 Å². The van der Waals surface area contributed by atoms with Crippen molar-refractivity contribution in [2.45, 2.75) is 19.4 Å². The number of methoxy groups -OCH3 is 1. The highest BCUT2D eigenvalue weighted by atomic mass is 19.1. The van der Waals surface area contributed by atoms with Crippen molar-refractivity contribution in [3.8, 4) is 0 Å². The normalized spacial score (nSPS) is 13.9. The number of ether oxygens (including phenoxy) is 1. The highest BCUT2D eigenvalue weighted by Gasteiger charge is 2.31. The molecule has 6 heteroatoms. The van der Waals surface area contributed by atoms with Gasteiger partial charge >= 0.3 is 5.97 Å². The highest BCUT2D eigenvalue weighted by molar-refractivity contribution is 5.79. The van der Waals surface area contributed by atoms with Crippen molar-refractivity contribution < 1.29 is 23.4 Å². The molecule has 1 atom stereocenters. The van der Waals surface area contributed by atoms with Crippen LogP contribution in [0.1, 0.15) is 12.5 Å². The molecule has 18 heavy (non-hydrogen) atoms. The van der Waals surface area contributed by atoms with Crippen molar-refractivity contribution in [2.75, 3.05) is 19.0 Å². The van der Waals surface area contributed by atoms with Crippen LogP contribution in [0.3, 0.4) is 0 Å². The van der Waals surface area contributed by atoms with Crippen LogP contribution < -0.4 is 5.32 Å². The van der Waals surface area contributed by atoms with E-state index in [2.05, 4.69) is 10.1 Å². The summed E-state index contributed by atoms with van der Waals surface area (Å²) in [5.41, 5.74) is -1.76. The Balaban J connectivity index is 2.81. The van der Waals surface area contributed by atoms with E-state index in [1.807, 2.05) is 0 Å². The molecule has 0 saturated heterocycles. The number of hydrogen-bond donors (Lipinski definition) is 2. The van der Waals surface area contributed by atoms with Gasteiger partial charge in [0.1, 0.15) is 11.6 Å². The number of hydrogen-bond acceptors (Lipinski definition) is 4. The molecule has 0 radical (unpaired) electrons. The number of aliphatic hydroxyl groups is 1. The molecule has 0 heterocycles.